The number of guanidine groups is 1. The number of methoxy groups -OCH3 is 1. The summed E-state index contributed by atoms with van der Waals surface area (Å²) in [7, 11) is 3.47. The van der Waals surface area contributed by atoms with Crippen LogP contribution in [0.5, 0.6) is 5.75 Å². The van der Waals surface area contributed by atoms with E-state index >= 15 is 0 Å². The highest BCUT2D eigenvalue weighted by Crippen LogP contribution is 2.22. The maximum Gasteiger partial charge on any atom is 0.191 e. The molecule has 1 fully saturated rings. The minimum Gasteiger partial charge on any atom is -0.493 e. The quantitative estimate of drug-likeness (QED) is 0.175. The Morgan fingerprint density at radius 1 is 1.20 bits per heavy atom. The third-order valence-electron chi connectivity index (χ3n) is 4.83. The Kier molecular flexibility index (Phi) is 14.9. The van der Waals surface area contributed by atoms with Crippen molar-refractivity contribution >= 4 is 29.9 Å². The van der Waals surface area contributed by atoms with Crippen molar-refractivity contribution in [1.29, 1.82) is 0 Å². The number of aliphatic imine (C=N–C) groups is 1. The number of ether oxygens (including phenoxy) is 4. The van der Waals surface area contributed by atoms with Crippen LogP contribution < -0.4 is 15.4 Å². The lowest BCUT2D eigenvalue weighted by Crippen LogP contribution is -2.37. The molecule has 0 aliphatic carbocycles. The van der Waals surface area contributed by atoms with Crippen molar-refractivity contribution in [3.63, 3.8) is 0 Å². The fourth-order valence-corrected chi connectivity index (χ4v) is 3.04. The third-order valence-corrected chi connectivity index (χ3v) is 4.83. The first-order valence-corrected chi connectivity index (χ1v) is 10.5. The summed E-state index contributed by atoms with van der Waals surface area (Å²) in [5, 5.41) is 6.73. The number of nitrogens with zero attached hydrogens (tertiary/aromatic N) is 1. The number of halogens is 1. The Labute approximate surface area is 198 Å². The van der Waals surface area contributed by atoms with Crippen molar-refractivity contribution in [2.24, 2.45) is 10.9 Å². The van der Waals surface area contributed by atoms with Gasteiger partial charge < -0.3 is 29.6 Å². The van der Waals surface area contributed by atoms with E-state index in [-0.39, 0.29) is 24.0 Å². The average molecular weight is 535 g/mol. The van der Waals surface area contributed by atoms with Crippen LogP contribution in [0, 0.1) is 12.8 Å². The molecule has 1 saturated heterocycles. The molecule has 1 heterocycles. The zero-order valence-electron chi connectivity index (χ0n) is 18.6. The molecule has 8 heteroatoms. The maximum absolute atomic E-state index is 6.12. The molecule has 1 aliphatic rings. The topological polar surface area (TPSA) is 73.3 Å². The van der Waals surface area contributed by atoms with Crippen molar-refractivity contribution in [3.8, 4) is 5.75 Å². The van der Waals surface area contributed by atoms with Gasteiger partial charge in [-0.2, -0.15) is 0 Å². The smallest absolute Gasteiger partial charge is 0.191 e. The molecule has 0 spiro atoms. The third kappa shape index (κ3) is 10.8. The van der Waals surface area contributed by atoms with E-state index in [0.29, 0.717) is 32.3 Å². The van der Waals surface area contributed by atoms with Gasteiger partial charge in [0.2, 0.25) is 0 Å². The Balaban J connectivity index is 0.00000450. The molecule has 2 rings (SSSR count). The highest BCUT2D eigenvalue weighted by atomic mass is 127. The summed E-state index contributed by atoms with van der Waals surface area (Å²) >= 11 is 0. The van der Waals surface area contributed by atoms with Gasteiger partial charge in [-0.1, -0.05) is 12.1 Å². The molecular weight excluding hydrogens is 497 g/mol. The average Bonchev–Trinajstić information content (AvgIpc) is 3.25. The lowest BCUT2D eigenvalue weighted by Gasteiger charge is -2.17. The Hall–Kier alpha value is -1.10. The van der Waals surface area contributed by atoms with Gasteiger partial charge in [0, 0.05) is 51.9 Å². The predicted octanol–water partition coefficient (Wildman–Crippen LogP) is 3.14. The van der Waals surface area contributed by atoms with Crippen LogP contribution in [0.4, 0.5) is 0 Å². The van der Waals surface area contributed by atoms with E-state index in [1.54, 1.807) is 14.2 Å². The number of hydrogen-bond donors (Lipinski definition) is 2. The highest BCUT2D eigenvalue weighted by Gasteiger charge is 2.17. The summed E-state index contributed by atoms with van der Waals surface area (Å²) < 4.78 is 22.0. The van der Waals surface area contributed by atoms with Crippen molar-refractivity contribution in [1.82, 2.24) is 10.6 Å². The predicted molar refractivity (Wildman–Crippen MR) is 131 cm³/mol. The molecule has 0 aromatic heterocycles. The summed E-state index contributed by atoms with van der Waals surface area (Å²) in [6, 6.07) is 6.34. The molecule has 1 aromatic carbocycles. The number of benzene rings is 1. The molecule has 1 atom stereocenters. The van der Waals surface area contributed by atoms with Gasteiger partial charge in [0.25, 0.3) is 0 Å². The first kappa shape index (κ1) is 26.9. The van der Waals surface area contributed by atoms with E-state index in [1.165, 1.54) is 5.56 Å². The summed E-state index contributed by atoms with van der Waals surface area (Å²) in [5.74, 6) is 2.22. The van der Waals surface area contributed by atoms with Crippen molar-refractivity contribution in [3.05, 3.63) is 29.3 Å². The number of rotatable bonds is 13. The fraction of sp³-hybridized carbons (Fsp3) is 0.682. The molecule has 30 heavy (non-hydrogen) atoms. The van der Waals surface area contributed by atoms with Crippen LogP contribution in [-0.4, -0.2) is 66.3 Å². The molecule has 0 bridgehead atoms. The largest absolute Gasteiger partial charge is 0.493 e. The van der Waals surface area contributed by atoms with Crippen LogP contribution in [0.15, 0.2) is 23.2 Å². The van der Waals surface area contributed by atoms with Crippen molar-refractivity contribution in [2.45, 2.75) is 32.7 Å². The second-order valence-electron chi connectivity index (χ2n) is 7.32. The Bertz CT molecular complexity index is 610. The van der Waals surface area contributed by atoms with Gasteiger partial charge in [-0.3, -0.25) is 4.99 Å². The molecule has 0 radical (unpaired) electrons. The molecule has 0 amide bonds. The molecule has 1 unspecified atom stereocenters. The van der Waals surface area contributed by atoms with Gasteiger partial charge in [-0.25, -0.2) is 0 Å². The normalized spacial score (nSPS) is 16.2. The van der Waals surface area contributed by atoms with Gasteiger partial charge in [-0.05, 0) is 37.8 Å². The summed E-state index contributed by atoms with van der Waals surface area (Å²) in [4.78, 5) is 4.31. The molecule has 1 aliphatic heterocycles. The second-order valence-corrected chi connectivity index (χ2v) is 7.32. The van der Waals surface area contributed by atoms with E-state index in [0.717, 1.165) is 62.9 Å². The lowest BCUT2D eigenvalue weighted by molar-refractivity contribution is 0.0689. The van der Waals surface area contributed by atoms with Crippen LogP contribution in [0.1, 0.15) is 30.4 Å². The van der Waals surface area contributed by atoms with E-state index in [4.69, 9.17) is 18.9 Å². The van der Waals surface area contributed by atoms with E-state index in [1.807, 2.05) is 0 Å². The molecule has 0 saturated carbocycles. The van der Waals surface area contributed by atoms with E-state index < -0.39 is 0 Å². The zero-order valence-corrected chi connectivity index (χ0v) is 20.9. The van der Waals surface area contributed by atoms with Crippen LogP contribution in [0.3, 0.4) is 0 Å². The first-order chi connectivity index (χ1) is 14.2. The standard InChI is InChI=1S/C22H37N3O4.HI/c1-18-6-7-20(21(14-18)29-17-19-8-11-28-16-19)15-25-22(23-2)24-9-4-5-10-27-13-12-26-3;/h6-7,14,19H,4-5,8-13,15-17H2,1-3H3,(H2,23,24,25);1H. The first-order valence-electron chi connectivity index (χ1n) is 10.5. The minimum absolute atomic E-state index is 0. The number of unbranched alkanes of at least 4 members (excludes halogenated alkanes) is 1. The number of aryl methyl sites for hydroxylation is 1. The summed E-state index contributed by atoms with van der Waals surface area (Å²) in [6.45, 7) is 8.01. The Morgan fingerprint density at radius 3 is 2.80 bits per heavy atom. The van der Waals surface area contributed by atoms with E-state index in [2.05, 4.69) is 40.7 Å². The van der Waals surface area contributed by atoms with Crippen LogP contribution >= 0.6 is 24.0 Å². The van der Waals surface area contributed by atoms with Gasteiger partial charge in [0.1, 0.15) is 5.75 Å². The second kappa shape index (κ2) is 16.6. The van der Waals surface area contributed by atoms with Crippen LogP contribution in [0.2, 0.25) is 0 Å². The minimum atomic E-state index is 0. The molecule has 2 N–H and O–H groups in total. The molecule has 1 aromatic rings. The van der Waals surface area contributed by atoms with Gasteiger partial charge in [0.15, 0.2) is 5.96 Å². The Morgan fingerprint density at radius 2 is 2.07 bits per heavy atom. The molecule has 7 nitrogen and oxygen atoms in total. The maximum atomic E-state index is 6.12. The summed E-state index contributed by atoms with van der Waals surface area (Å²) in [5.41, 5.74) is 2.32. The van der Waals surface area contributed by atoms with Crippen LogP contribution in [0.25, 0.3) is 0 Å². The SMILES string of the molecule is CN=C(NCCCCOCCOC)NCc1ccc(C)cc1OCC1CCOC1.I. The lowest BCUT2D eigenvalue weighted by atomic mass is 10.1. The van der Waals surface area contributed by atoms with Gasteiger partial charge in [0.05, 0.1) is 26.4 Å². The van der Waals surface area contributed by atoms with Crippen molar-refractivity contribution < 1.29 is 18.9 Å². The monoisotopic (exact) mass is 535 g/mol. The van der Waals surface area contributed by atoms with Crippen molar-refractivity contribution in [2.75, 3.05) is 60.3 Å². The zero-order chi connectivity index (χ0) is 20.7. The number of nitrogens with one attached hydrogen (secondary N) is 2. The summed E-state index contributed by atoms with van der Waals surface area (Å²) in [6.07, 6.45) is 3.11. The molecular formula is C22H38IN3O4. The highest BCUT2D eigenvalue weighted by molar-refractivity contribution is 14.0. The molecule has 172 valence electrons. The van der Waals surface area contributed by atoms with E-state index in [9.17, 15) is 0 Å². The van der Waals surface area contributed by atoms with Gasteiger partial charge >= 0.3 is 0 Å². The van der Waals surface area contributed by atoms with Gasteiger partial charge in [-0.15, -0.1) is 24.0 Å². The fourth-order valence-electron chi connectivity index (χ4n) is 3.04. The van der Waals surface area contributed by atoms with Crippen LogP contribution in [-0.2, 0) is 20.8 Å². The number of hydrogen-bond acceptors (Lipinski definition) is 5.